The third-order valence-corrected chi connectivity index (χ3v) is 18.5. The minimum atomic E-state index is -2.36. The maximum atomic E-state index is 16.1. The third kappa shape index (κ3) is 16.3. The minimum Gasteiger partial charge on any atom is -0.508 e. The van der Waals surface area contributed by atoms with Crippen molar-refractivity contribution < 1.29 is 113 Å². The zero-order valence-corrected chi connectivity index (χ0v) is 56.7. The predicted molar refractivity (Wildman–Crippen MR) is 356 cm³/mol. The topological polar surface area (TPSA) is 559 Å². The summed E-state index contributed by atoms with van der Waals surface area (Å²) in [7, 11) is 1.47. The molecule has 5 aromatic carbocycles. The fourth-order valence-electron chi connectivity index (χ4n) is 12.6. The van der Waals surface area contributed by atoms with Gasteiger partial charge < -0.3 is 123 Å². The van der Waals surface area contributed by atoms with E-state index >= 15 is 14.4 Å². The number of aromatic hydroxyl groups is 3. The van der Waals surface area contributed by atoms with Crippen molar-refractivity contribution in [3.8, 4) is 57.1 Å². The van der Waals surface area contributed by atoms with Crippen molar-refractivity contribution >= 4 is 70.5 Å². The monoisotopic (exact) mass is 1470 g/mol. The van der Waals surface area contributed by atoms with Gasteiger partial charge in [-0.15, -0.1) is 0 Å². The Kier molecular flexibility index (Phi) is 22.8. The number of primary amides is 1. The number of aliphatic hydroxyl groups is 5. The fraction of sp³-hybridized carbons (Fsp3) is 0.424. The molecule has 5 aromatic rings. The molecule has 0 aromatic heterocycles. The number of carboxylic acid groups (broad SMARTS) is 1. The van der Waals surface area contributed by atoms with Crippen molar-refractivity contribution in [3.63, 3.8) is 0 Å². The van der Waals surface area contributed by atoms with Gasteiger partial charge >= 0.3 is 5.97 Å². The van der Waals surface area contributed by atoms with E-state index in [0.29, 0.717) is 0 Å². The van der Waals surface area contributed by atoms with Gasteiger partial charge in [-0.2, -0.15) is 0 Å². The molecular formula is C66H74Cl2N12O23. The molecule has 7 amide bonds. The minimum absolute atomic E-state index is 0.103. The smallest absolute Gasteiger partial charge is 0.330 e. The molecule has 550 valence electrons. The predicted octanol–water partition coefficient (Wildman–Crippen LogP) is 1.42. The first-order chi connectivity index (χ1) is 48.7. The van der Waals surface area contributed by atoms with E-state index in [9.17, 15) is 75.5 Å². The summed E-state index contributed by atoms with van der Waals surface area (Å²) in [6.07, 6.45) is -18.7. The number of benzene rings is 5. The molecule has 2 saturated heterocycles. The Morgan fingerprint density at radius 2 is 1.36 bits per heavy atom. The molecule has 7 heterocycles. The molecule has 37 heteroatoms. The SMILES string of the molecule is CN[C@H](CC(C)C)C(=O)N[C@H]1C(=O)N[C@@H](CC(N)=O)C(=O)N[C@H]2C(=O)NC3C(=O)N[C@H](C(=O)N[C@@H](C(=O)O)c4cc(O)cc(O)c4-c4cc3ccc4O)[C@H](O)c3ccc(c(Cl)c3)Oc3cc2cc(c3OC2OC(CN=[N+]=[N-])C(O)C(O)C2OC2CC(C)(N)C(O)C(C)O2)Oc2ccc(cc2Cl)[C@H]1O. The van der Waals surface area contributed by atoms with Crippen LogP contribution in [0.3, 0.4) is 0 Å². The second kappa shape index (κ2) is 31.0. The first-order valence-corrected chi connectivity index (χ1v) is 32.8. The van der Waals surface area contributed by atoms with Gasteiger partial charge in [0.1, 0.15) is 83.4 Å². The van der Waals surface area contributed by atoms with Crippen LogP contribution in [0, 0.1) is 5.92 Å². The molecule has 35 nitrogen and oxygen atoms in total. The van der Waals surface area contributed by atoms with Crippen LogP contribution in [0.25, 0.3) is 21.6 Å². The lowest BCUT2D eigenvalue weighted by atomic mass is 9.86. The van der Waals surface area contributed by atoms with E-state index in [-0.39, 0.29) is 46.2 Å². The summed E-state index contributed by atoms with van der Waals surface area (Å²) in [5.74, 6) is -16.1. The van der Waals surface area contributed by atoms with Gasteiger partial charge in [0.05, 0.1) is 47.4 Å². The Balaban J connectivity index is 1.25. The van der Waals surface area contributed by atoms with Gasteiger partial charge in [0, 0.05) is 39.6 Å². The quantitative estimate of drug-likeness (QED) is 0.0425. The van der Waals surface area contributed by atoms with Crippen molar-refractivity contribution in [1.82, 2.24) is 37.2 Å². The molecule has 0 spiro atoms. The summed E-state index contributed by atoms with van der Waals surface area (Å²) < 4.78 is 38.6. The van der Waals surface area contributed by atoms with E-state index < -0.39 is 237 Å². The second-order valence-corrected chi connectivity index (χ2v) is 26.8. The van der Waals surface area contributed by atoms with Gasteiger partial charge in [-0.05, 0) is 116 Å². The molecule has 10 unspecified atom stereocenters. The van der Waals surface area contributed by atoms with Gasteiger partial charge in [0.2, 0.25) is 53.4 Å². The number of aliphatic carboxylic acids is 1. The maximum absolute atomic E-state index is 16.1. The fourth-order valence-corrected chi connectivity index (χ4v) is 13.1. The Labute approximate surface area is 594 Å². The number of aliphatic hydroxyl groups excluding tert-OH is 5. The average Bonchev–Trinajstić information content (AvgIpc) is 0.771. The van der Waals surface area contributed by atoms with Crippen LogP contribution in [0.2, 0.25) is 10.0 Å². The van der Waals surface area contributed by atoms with Crippen LogP contribution in [0.1, 0.15) is 105 Å². The number of nitrogens with one attached hydrogen (secondary N) is 7. The number of nitrogens with zero attached hydrogens (tertiary/aromatic N) is 3. The van der Waals surface area contributed by atoms with Crippen molar-refractivity contribution in [2.75, 3.05) is 13.6 Å². The number of nitrogens with two attached hydrogens (primary N) is 2. The number of carbonyl (C=O) groups is 8. The number of rotatable bonds is 14. The van der Waals surface area contributed by atoms with E-state index in [1.807, 2.05) is 13.8 Å². The number of hydrogen-bond donors (Lipinski definition) is 18. The summed E-state index contributed by atoms with van der Waals surface area (Å²) >= 11 is 14.1. The maximum Gasteiger partial charge on any atom is 0.330 e. The Hall–Kier alpha value is -9.85. The normalized spacial score (nSPS) is 29.0. The number of likely N-dealkylation sites (N-methyl/N-ethyl adjacent to an activating group) is 1. The number of hydrogen-bond acceptors (Lipinski definition) is 25. The zero-order chi connectivity index (χ0) is 75.0. The molecular weight excluding hydrogens is 1400 g/mol. The van der Waals surface area contributed by atoms with Crippen LogP contribution in [0.15, 0.2) is 84.0 Å². The number of halogens is 2. The zero-order valence-electron chi connectivity index (χ0n) is 55.2. The van der Waals surface area contributed by atoms with E-state index in [0.717, 1.165) is 66.7 Å². The number of ether oxygens (including phenoxy) is 6. The van der Waals surface area contributed by atoms with E-state index in [4.69, 9.17) is 63.1 Å². The first kappa shape index (κ1) is 75.8. The molecule has 0 aliphatic carbocycles. The molecule has 12 rings (SSSR count). The van der Waals surface area contributed by atoms with E-state index in [1.165, 1.54) is 33.0 Å². The number of amides is 7. The molecule has 2 fully saturated rings. The van der Waals surface area contributed by atoms with Crippen LogP contribution in [-0.4, -0.2) is 186 Å². The number of azide groups is 1. The van der Waals surface area contributed by atoms with Crippen LogP contribution in [-0.2, 0) is 52.6 Å². The number of carboxylic acids is 1. The molecule has 0 saturated carbocycles. The highest BCUT2D eigenvalue weighted by atomic mass is 35.5. The van der Waals surface area contributed by atoms with Gasteiger partial charge in [0.25, 0.3) is 0 Å². The summed E-state index contributed by atoms with van der Waals surface area (Å²) in [4.78, 5) is 120. The van der Waals surface area contributed by atoms with Crippen molar-refractivity contribution in [2.24, 2.45) is 22.5 Å². The molecule has 11 bridgehead atoms. The third-order valence-electron chi connectivity index (χ3n) is 17.9. The van der Waals surface area contributed by atoms with Crippen LogP contribution < -0.4 is 62.9 Å². The molecule has 0 radical (unpaired) electrons. The lowest BCUT2D eigenvalue weighted by Gasteiger charge is -2.47. The Morgan fingerprint density at radius 3 is 1.95 bits per heavy atom. The van der Waals surface area contributed by atoms with Crippen molar-refractivity contribution in [3.05, 3.63) is 127 Å². The molecule has 7 aliphatic rings. The van der Waals surface area contributed by atoms with Crippen LogP contribution in [0.4, 0.5) is 0 Å². The van der Waals surface area contributed by atoms with Gasteiger partial charge in [0.15, 0.2) is 29.9 Å². The molecule has 103 heavy (non-hydrogen) atoms. The number of fused-ring (bicyclic) bond motifs is 15. The summed E-state index contributed by atoms with van der Waals surface area (Å²) in [5, 5.41) is 124. The number of phenols is 3. The van der Waals surface area contributed by atoms with Gasteiger partial charge in [-0.25, -0.2) is 4.79 Å². The summed E-state index contributed by atoms with van der Waals surface area (Å²) in [6.45, 7) is 5.94. The summed E-state index contributed by atoms with van der Waals surface area (Å²) in [5.41, 5.74) is 17.4. The molecule has 7 aliphatic heterocycles. The highest BCUT2D eigenvalue weighted by molar-refractivity contribution is 6.32. The number of phenolic OH excluding ortho intramolecular Hbond substituents is 3. The lowest BCUT2D eigenvalue weighted by molar-refractivity contribution is -0.330. The van der Waals surface area contributed by atoms with Crippen LogP contribution in [0.5, 0.6) is 46.0 Å². The lowest BCUT2D eigenvalue weighted by Crippen LogP contribution is -2.64. The summed E-state index contributed by atoms with van der Waals surface area (Å²) in [6, 6.07) is -0.810. The van der Waals surface area contributed by atoms with Crippen molar-refractivity contribution in [2.45, 2.75) is 156 Å². The highest BCUT2D eigenvalue weighted by Crippen LogP contribution is 2.50. The van der Waals surface area contributed by atoms with E-state index in [2.05, 4.69) is 47.2 Å². The van der Waals surface area contributed by atoms with Crippen LogP contribution >= 0.6 is 23.2 Å². The Morgan fingerprint density at radius 1 is 0.748 bits per heavy atom. The largest absolute Gasteiger partial charge is 0.508 e. The molecule has 18 atom stereocenters. The standard InChI is InChI=1S/C66H74Cl2N12O23/c1-23(2)12-34(72-5)58(90)78-49-51(85)26-7-10-38(32(67)14-26)99-40-16-28-17-41(55(40)103-65-56(54(88)53(87)42(101-65)22-73-80-71)102-44-21-66(4,70)57(89)24(3)98-44)100-39-11-8-27(15-33(39)68)52(86)50-63(95)77-48(64(96)97)31-18-29(81)19-37(83)45(31)30-13-25(6-9-36(30)82)46(60(92)79-50)76-61(93)47(28)75-59(91)35(20-43(69)84)74-62(49)94/h6-11,13-19,23-24,34-35,42,44,46-54,56-57,65,72,81-83,85-89H,12,20-22,70H2,1-5H3,(H2,69,84)(H,74,94)(H,75,91)(H,76,93)(H,77,95)(H,78,90)(H,79,92)(H,96,97)/t24?,34-,35+,42?,44?,46?,47-,48-,49-,50+,51-,52-,53?,54?,56?,57?,65?,66?/m1/s1. The average molecular weight is 1470 g/mol. The van der Waals surface area contributed by atoms with Gasteiger partial charge in [-0.3, -0.25) is 33.6 Å². The van der Waals surface area contributed by atoms with Gasteiger partial charge in [-0.1, -0.05) is 60.4 Å². The van der Waals surface area contributed by atoms with Crippen molar-refractivity contribution in [1.29, 1.82) is 0 Å². The second-order valence-electron chi connectivity index (χ2n) is 25.9. The highest BCUT2D eigenvalue weighted by Gasteiger charge is 2.51. The first-order valence-electron chi connectivity index (χ1n) is 32.0. The Bertz CT molecular complexity index is 4220. The van der Waals surface area contributed by atoms with E-state index in [1.54, 1.807) is 0 Å². The molecule has 20 N–H and O–H groups in total. The number of carbonyl (C=O) groups excluding carboxylic acids is 7.